The van der Waals surface area contributed by atoms with Gasteiger partial charge in [0, 0.05) is 51.8 Å². The Morgan fingerprint density at radius 1 is 0.972 bits per heavy atom. The fraction of sp³-hybridized carbons (Fsp3) is 0.286. The van der Waals surface area contributed by atoms with Gasteiger partial charge < -0.3 is 4.98 Å². The Bertz CT molecular complexity index is 1560. The molecule has 0 aliphatic carbocycles. The zero-order valence-electron chi connectivity index (χ0n) is 20.2. The summed E-state index contributed by atoms with van der Waals surface area (Å²) in [5.74, 6) is 0. The minimum Gasteiger partial charge on any atom is -0.358 e. The maximum absolute atomic E-state index is 12.7. The van der Waals surface area contributed by atoms with Gasteiger partial charge in [-0.15, -0.1) is 0 Å². The standard InChI is InChI=1S/C28H29Cl2N3O2S/c1-19-28(26-18-24(30)7-9-27(26)32-19)20-10-14-33(15-11-20)13-3-2-12-31-36(34,35)25-8-5-21-16-23(29)6-4-22(21)17-25/h4-10,16-18,31-32H,2-3,11-15H2,1H3. The van der Waals surface area contributed by atoms with E-state index in [0.717, 1.165) is 60.2 Å². The van der Waals surface area contributed by atoms with Crippen molar-refractivity contribution in [2.24, 2.45) is 0 Å². The van der Waals surface area contributed by atoms with Gasteiger partial charge in [-0.3, -0.25) is 4.90 Å². The molecule has 1 aliphatic heterocycles. The minimum atomic E-state index is -3.54. The summed E-state index contributed by atoms with van der Waals surface area (Å²) in [5.41, 5.74) is 4.93. The van der Waals surface area contributed by atoms with E-state index in [1.165, 1.54) is 22.2 Å². The molecule has 0 spiro atoms. The average Bonchev–Trinajstić information content (AvgIpc) is 3.18. The number of aryl methyl sites for hydroxylation is 1. The summed E-state index contributed by atoms with van der Waals surface area (Å²) >= 11 is 12.3. The largest absolute Gasteiger partial charge is 0.358 e. The van der Waals surface area contributed by atoms with Crippen LogP contribution in [0.3, 0.4) is 0 Å². The second kappa shape index (κ2) is 10.6. The van der Waals surface area contributed by atoms with Crippen LogP contribution in [0.1, 0.15) is 30.5 Å². The summed E-state index contributed by atoms with van der Waals surface area (Å²) < 4.78 is 28.2. The first-order valence-corrected chi connectivity index (χ1v) is 14.4. The molecule has 1 aromatic heterocycles. The summed E-state index contributed by atoms with van der Waals surface area (Å²) in [6.07, 6.45) is 5.02. The van der Waals surface area contributed by atoms with Crippen molar-refractivity contribution in [3.05, 3.63) is 82.0 Å². The van der Waals surface area contributed by atoms with Gasteiger partial charge in [-0.05, 0) is 91.5 Å². The number of unbranched alkanes of at least 4 members (excludes halogenated alkanes) is 1. The molecule has 5 nitrogen and oxygen atoms in total. The number of hydrogen-bond acceptors (Lipinski definition) is 3. The highest BCUT2D eigenvalue weighted by Gasteiger charge is 2.18. The molecule has 2 heterocycles. The molecule has 0 atom stereocenters. The third-order valence-corrected chi connectivity index (χ3v) is 8.77. The molecule has 3 aromatic carbocycles. The summed E-state index contributed by atoms with van der Waals surface area (Å²) in [5, 5.41) is 4.34. The Morgan fingerprint density at radius 2 is 1.72 bits per heavy atom. The second-order valence-corrected chi connectivity index (χ2v) is 12.0. The number of sulfonamides is 1. The zero-order chi connectivity index (χ0) is 25.3. The molecule has 0 saturated carbocycles. The van der Waals surface area contributed by atoms with Crippen LogP contribution in [-0.4, -0.2) is 44.5 Å². The quantitative estimate of drug-likeness (QED) is 0.241. The molecule has 36 heavy (non-hydrogen) atoms. The summed E-state index contributed by atoms with van der Waals surface area (Å²) in [7, 11) is -3.54. The van der Waals surface area contributed by atoms with Crippen LogP contribution in [0.5, 0.6) is 0 Å². The molecular weight excluding hydrogens is 513 g/mol. The Labute approximate surface area is 222 Å². The van der Waals surface area contributed by atoms with Crippen molar-refractivity contribution in [3.63, 3.8) is 0 Å². The Balaban J connectivity index is 1.12. The summed E-state index contributed by atoms with van der Waals surface area (Å²) in [6.45, 7) is 5.37. The van der Waals surface area contributed by atoms with Gasteiger partial charge in [0.1, 0.15) is 0 Å². The number of aromatic amines is 1. The third kappa shape index (κ3) is 5.48. The number of halogens is 2. The van der Waals surface area contributed by atoms with Gasteiger partial charge >= 0.3 is 0 Å². The van der Waals surface area contributed by atoms with Crippen LogP contribution in [0, 0.1) is 6.92 Å². The van der Waals surface area contributed by atoms with Crippen LogP contribution >= 0.6 is 23.2 Å². The molecule has 0 unspecified atom stereocenters. The average molecular weight is 543 g/mol. The van der Waals surface area contributed by atoms with Crippen LogP contribution in [0.25, 0.3) is 27.2 Å². The van der Waals surface area contributed by atoms with Crippen LogP contribution in [-0.2, 0) is 10.0 Å². The first-order valence-electron chi connectivity index (χ1n) is 12.2. The maximum Gasteiger partial charge on any atom is 0.240 e. The highest BCUT2D eigenvalue weighted by Crippen LogP contribution is 2.33. The number of benzene rings is 3. The molecule has 5 rings (SSSR count). The number of fused-ring (bicyclic) bond motifs is 2. The summed E-state index contributed by atoms with van der Waals surface area (Å²) in [6, 6.07) is 16.5. The van der Waals surface area contributed by atoms with Gasteiger partial charge in [0.25, 0.3) is 0 Å². The van der Waals surface area contributed by atoms with Gasteiger partial charge in [0.05, 0.1) is 4.90 Å². The maximum atomic E-state index is 12.7. The molecule has 2 N–H and O–H groups in total. The number of aromatic nitrogens is 1. The highest BCUT2D eigenvalue weighted by molar-refractivity contribution is 7.89. The Kier molecular flexibility index (Phi) is 7.42. The zero-order valence-corrected chi connectivity index (χ0v) is 22.5. The number of H-pyrrole nitrogens is 1. The van der Waals surface area contributed by atoms with Gasteiger partial charge in [-0.2, -0.15) is 0 Å². The van der Waals surface area contributed by atoms with Crippen molar-refractivity contribution in [2.45, 2.75) is 31.1 Å². The van der Waals surface area contributed by atoms with E-state index < -0.39 is 10.0 Å². The molecular formula is C28H29Cl2N3O2S. The SMILES string of the molecule is Cc1[nH]c2ccc(Cl)cc2c1C1=CCN(CCCCNS(=O)(=O)c2ccc3cc(Cl)ccc3c2)CC1. The lowest BCUT2D eigenvalue weighted by Gasteiger charge is -2.26. The van der Waals surface area contributed by atoms with E-state index in [2.05, 4.69) is 27.6 Å². The molecule has 0 radical (unpaired) electrons. The fourth-order valence-electron chi connectivity index (χ4n) is 4.97. The Morgan fingerprint density at radius 3 is 2.53 bits per heavy atom. The first kappa shape index (κ1) is 25.3. The lowest BCUT2D eigenvalue weighted by atomic mass is 9.96. The van der Waals surface area contributed by atoms with Crippen LogP contribution in [0.2, 0.25) is 10.0 Å². The van der Waals surface area contributed by atoms with E-state index in [4.69, 9.17) is 23.2 Å². The van der Waals surface area contributed by atoms with Gasteiger partial charge in [0.15, 0.2) is 0 Å². The third-order valence-electron chi connectivity index (χ3n) is 6.84. The smallest absolute Gasteiger partial charge is 0.240 e. The molecule has 0 amide bonds. The van der Waals surface area contributed by atoms with Gasteiger partial charge in [-0.1, -0.05) is 41.4 Å². The monoisotopic (exact) mass is 541 g/mol. The van der Waals surface area contributed by atoms with E-state index >= 15 is 0 Å². The van der Waals surface area contributed by atoms with E-state index in [1.807, 2.05) is 30.3 Å². The number of nitrogens with one attached hydrogen (secondary N) is 2. The molecule has 188 valence electrons. The molecule has 1 aliphatic rings. The van der Waals surface area contributed by atoms with E-state index in [-0.39, 0.29) is 4.90 Å². The predicted molar refractivity (Wildman–Crippen MR) is 150 cm³/mol. The van der Waals surface area contributed by atoms with Crippen molar-refractivity contribution < 1.29 is 8.42 Å². The number of nitrogens with zero attached hydrogens (tertiary/aromatic N) is 1. The van der Waals surface area contributed by atoms with Crippen LogP contribution in [0.15, 0.2) is 65.6 Å². The summed E-state index contributed by atoms with van der Waals surface area (Å²) in [4.78, 5) is 6.17. The molecule has 8 heteroatoms. The topological polar surface area (TPSA) is 65.2 Å². The minimum absolute atomic E-state index is 0.278. The number of hydrogen-bond donors (Lipinski definition) is 2. The molecule has 0 bridgehead atoms. The highest BCUT2D eigenvalue weighted by atomic mass is 35.5. The van der Waals surface area contributed by atoms with Crippen molar-refractivity contribution in [2.75, 3.05) is 26.2 Å². The van der Waals surface area contributed by atoms with Crippen molar-refractivity contribution >= 4 is 60.5 Å². The molecule has 0 saturated heterocycles. The van der Waals surface area contributed by atoms with E-state index in [9.17, 15) is 8.42 Å². The van der Waals surface area contributed by atoms with E-state index in [0.29, 0.717) is 11.6 Å². The van der Waals surface area contributed by atoms with Crippen molar-refractivity contribution in [1.29, 1.82) is 0 Å². The number of rotatable bonds is 8. The van der Waals surface area contributed by atoms with Gasteiger partial charge in [-0.25, -0.2) is 13.1 Å². The van der Waals surface area contributed by atoms with Gasteiger partial charge in [0.2, 0.25) is 10.0 Å². The fourth-order valence-corrected chi connectivity index (χ4v) is 6.43. The van der Waals surface area contributed by atoms with Crippen molar-refractivity contribution in [3.8, 4) is 0 Å². The van der Waals surface area contributed by atoms with Crippen LogP contribution in [0.4, 0.5) is 0 Å². The molecule has 4 aromatic rings. The lowest BCUT2D eigenvalue weighted by molar-refractivity contribution is 0.295. The second-order valence-electron chi connectivity index (χ2n) is 9.35. The lowest BCUT2D eigenvalue weighted by Crippen LogP contribution is -2.30. The molecule has 0 fully saturated rings. The van der Waals surface area contributed by atoms with Crippen LogP contribution < -0.4 is 4.72 Å². The van der Waals surface area contributed by atoms with Crippen molar-refractivity contribution in [1.82, 2.24) is 14.6 Å². The first-order chi connectivity index (χ1) is 17.3. The van der Waals surface area contributed by atoms with E-state index in [1.54, 1.807) is 24.3 Å². The predicted octanol–water partition coefficient (Wildman–Crippen LogP) is 6.78. The Hall–Kier alpha value is -2.35. The normalized spacial score (nSPS) is 15.0.